The van der Waals surface area contributed by atoms with Crippen LogP contribution in [0.3, 0.4) is 0 Å². The minimum Gasteiger partial charge on any atom is -0.390 e. The largest absolute Gasteiger partial charge is 0.390 e. The molecule has 1 N–H and O–H groups in total. The van der Waals surface area contributed by atoms with Crippen LogP contribution in [0.4, 0.5) is 5.69 Å². The molecule has 0 fully saturated rings. The molecule has 6 heterocycles. The number of para-hydroxylation sites is 6. The molecule has 8 nitrogen and oxygen atoms in total. The molecule has 1 aliphatic rings. The van der Waals surface area contributed by atoms with Gasteiger partial charge in [-0.3, -0.25) is 4.48 Å². The Morgan fingerprint density at radius 1 is 0.533 bits per heavy atom. The number of pyridine rings is 5. The number of fused-ring (bicyclic) bond motifs is 6. The first-order valence-electron chi connectivity index (χ1n) is 32.7. The van der Waals surface area contributed by atoms with E-state index in [1.165, 1.54) is 146 Å². The van der Waals surface area contributed by atoms with Gasteiger partial charge in [0.2, 0.25) is 27.6 Å². The van der Waals surface area contributed by atoms with E-state index in [-0.39, 0.29) is 12.1 Å². The van der Waals surface area contributed by atoms with E-state index in [1.54, 1.807) is 7.11 Å². The molecule has 9 heteroatoms. The van der Waals surface area contributed by atoms with Gasteiger partial charge in [0.25, 0.3) is 6.73 Å². The molecule has 0 amide bonds. The molecule has 1 unspecified atom stereocenters. The molecule has 0 aliphatic carbocycles. The molecule has 1 aliphatic heterocycles. The highest BCUT2D eigenvalue weighted by Gasteiger charge is 2.41. The molecular weight excluding hydrogens is 1120 g/mol. The van der Waals surface area contributed by atoms with Crippen LogP contribution < -0.4 is 27.3 Å². The second-order valence-corrected chi connectivity index (χ2v) is 25.1. The third-order valence-electron chi connectivity index (χ3n) is 17.9. The van der Waals surface area contributed by atoms with Gasteiger partial charge in [-0.05, 0) is 126 Å². The van der Waals surface area contributed by atoms with Gasteiger partial charge in [0, 0.05) is 119 Å². The van der Waals surface area contributed by atoms with E-state index in [0.29, 0.717) is 25.2 Å². The predicted octanol–water partition coefficient (Wildman–Crippen LogP) is 17.4. The Morgan fingerprint density at radius 2 is 1.09 bits per heavy atom. The molecule has 0 radical (unpaired) electrons. The van der Waals surface area contributed by atoms with Crippen LogP contribution in [-0.4, -0.2) is 44.3 Å². The van der Waals surface area contributed by atoms with Gasteiger partial charge < -0.3 is 9.84 Å². The Morgan fingerprint density at radius 3 is 1.76 bits per heavy atom. The molecule has 0 spiro atoms. The van der Waals surface area contributed by atoms with Crippen molar-refractivity contribution in [3.63, 3.8) is 0 Å². The van der Waals surface area contributed by atoms with Crippen LogP contribution in [0.1, 0.15) is 119 Å². The maximum Gasteiger partial charge on any atom is 0.252 e. The summed E-state index contributed by atoms with van der Waals surface area (Å²) in [4.78, 5) is 0. The zero-order valence-electron chi connectivity index (χ0n) is 56.3. The molecule has 0 saturated heterocycles. The van der Waals surface area contributed by atoms with Gasteiger partial charge in [-0.2, -0.15) is 18.3 Å². The number of aliphatic hydroxyl groups excluding tert-OH is 1. The minimum atomic E-state index is 0.166. The molecule has 0 bridgehead atoms. The summed E-state index contributed by atoms with van der Waals surface area (Å²) in [6.45, 7) is 20.1. The molecule has 90 heavy (non-hydrogen) atoms. The van der Waals surface area contributed by atoms with Crippen LogP contribution in [0.15, 0.2) is 219 Å². The summed E-state index contributed by atoms with van der Waals surface area (Å²) in [5.41, 5.74) is 14.6. The first-order valence-corrected chi connectivity index (χ1v) is 33.3. The minimum absolute atomic E-state index is 0.166. The monoisotopic (exact) mass is 1230 g/mol. The van der Waals surface area contributed by atoms with Crippen molar-refractivity contribution in [2.45, 2.75) is 145 Å². The lowest BCUT2D eigenvalue weighted by Gasteiger charge is -2.46. The van der Waals surface area contributed by atoms with E-state index in [4.69, 9.17) is 21.4 Å². The Labute approximate surface area is 544 Å². The maximum atomic E-state index is 8.86. The molecular formula is C81H103ClN6O2+6. The maximum absolute atomic E-state index is 8.86. The Kier molecular flexibility index (Phi) is 27.2. The summed E-state index contributed by atoms with van der Waals surface area (Å²) < 4.78 is 17.1. The van der Waals surface area contributed by atoms with Gasteiger partial charge in [-0.1, -0.05) is 125 Å². The molecule has 0 saturated carbocycles. The summed E-state index contributed by atoms with van der Waals surface area (Å²) >= 11 is 6.28. The fraction of sp³-hybridized carbons (Fsp3) is 0.346. The van der Waals surface area contributed by atoms with Crippen molar-refractivity contribution in [3.8, 4) is 0 Å². The summed E-state index contributed by atoms with van der Waals surface area (Å²) in [5.74, 6) is 0.690. The molecule has 6 aromatic carbocycles. The zero-order valence-corrected chi connectivity index (χ0v) is 57.0. The highest BCUT2D eigenvalue weighted by atomic mass is 35.5. The predicted molar refractivity (Wildman–Crippen MR) is 381 cm³/mol. The van der Waals surface area contributed by atoms with Crippen molar-refractivity contribution < 1.29 is 32.7 Å². The SMILES string of the molecule is CCCCCCCCCCC(CCl)[n+]1cccc2ccccc21.CC[n+]1c(C)ccc2ccccc21.COC[n+]1ccc(C)c2ccccc21.Cc1cccc2c1[N+](C)(C)C(C)(C)C=C2.Cc1cccc2ccc[n+](C)c12.OCC[n+]1cccc2ccccc21. The van der Waals surface area contributed by atoms with Crippen molar-refractivity contribution in [3.05, 3.63) is 247 Å². The van der Waals surface area contributed by atoms with Crippen molar-refractivity contribution in [2.75, 3.05) is 33.7 Å². The van der Waals surface area contributed by atoms with Gasteiger partial charge in [0.1, 0.15) is 31.4 Å². The van der Waals surface area contributed by atoms with E-state index in [1.807, 2.05) is 30.5 Å². The number of ether oxygens (including phenoxy) is 1. The lowest BCUT2D eigenvalue weighted by atomic mass is 9.90. The number of unbranched alkanes of at least 4 members (excludes halogenated alkanes) is 7. The Bertz CT molecular complexity index is 4010. The summed E-state index contributed by atoms with van der Waals surface area (Å²) in [6, 6.07) is 66.0. The number of nitrogens with zero attached hydrogens (tertiary/aromatic N) is 6. The molecule has 1 atom stereocenters. The zero-order chi connectivity index (χ0) is 64.5. The number of hydrogen-bond acceptors (Lipinski definition) is 2. The number of aryl methyl sites for hydroxylation is 6. The van der Waals surface area contributed by atoms with E-state index >= 15 is 0 Å². The summed E-state index contributed by atoms with van der Waals surface area (Å²) in [6.07, 6.45) is 25.0. The summed E-state index contributed by atoms with van der Waals surface area (Å²) in [5, 5.41) is 15.3. The average molecular weight is 1230 g/mol. The lowest BCUT2D eigenvalue weighted by Crippen LogP contribution is -2.57. The highest BCUT2D eigenvalue weighted by molar-refractivity contribution is 6.18. The third-order valence-corrected chi connectivity index (χ3v) is 18.2. The van der Waals surface area contributed by atoms with Crippen LogP contribution in [0, 0.1) is 27.7 Å². The van der Waals surface area contributed by atoms with Crippen LogP contribution in [0.25, 0.3) is 60.6 Å². The van der Waals surface area contributed by atoms with Crippen molar-refractivity contribution in [2.24, 2.45) is 7.05 Å². The number of benzene rings is 6. The van der Waals surface area contributed by atoms with Gasteiger partial charge in [0.05, 0.1) is 20.0 Å². The van der Waals surface area contributed by atoms with Gasteiger partial charge in [-0.25, -0.2) is 4.57 Å². The highest BCUT2D eigenvalue weighted by Crippen LogP contribution is 2.40. The van der Waals surface area contributed by atoms with Crippen molar-refractivity contribution >= 4 is 77.9 Å². The number of rotatable bonds is 16. The van der Waals surface area contributed by atoms with E-state index < -0.39 is 0 Å². The number of likely N-dealkylation sites (N-methyl/N-ethyl adjacent to an activating group) is 1. The van der Waals surface area contributed by atoms with E-state index in [9.17, 15) is 0 Å². The van der Waals surface area contributed by atoms with Crippen LogP contribution in [-0.2, 0) is 31.6 Å². The van der Waals surface area contributed by atoms with E-state index in [0.717, 1.165) is 11.0 Å². The second-order valence-electron chi connectivity index (χ2n) is 24.8. The van der Waals surface area contributed by atoms with Crippen LogP contribution in [0.2, 0.25) is 0 Å². The number of alkyl halides is 1. The smallest absolute Gasteiger partial charge is 0.252 e. The number of hydrogen-bond donors (Lipinski definition) is 1. The second kappa shape index (κ2) is 35.0. The fourth-order valence-corrected chi connectivity index (χ4v) is 12.6. The average Bonchev–Trinajstić information content (AvgIpc) is 0.838. The Balaban J connectivity index is 0.000000156. The number of aromatic nitrogens is 5. The van der Waals surface area contributed by atoms with Gasteiger partial charge >= 0.3 is 0 Å². The number of quaternary nitrogens is 1. The first kappa shape index (κ1) is 69.7. The van der Waals surface area contributed by atoms with Crippen molar-refractivity contribution in [1.29, 1.82) is 0 Å². The van der Waals surface area contributed by atoms with Gasteiger partial charge in [-0.15, -0.1) is 11.6 Å². The molecule has 12 rings (SSSR count). The van der Waals surface area contributed by atoms with E-state index in [2.05, 4.69) is 294 Å². The molecule has 5 aromatic heterocycles. The topological polar surface area (TPSA) is 48.9 Å². The number of halogens is 1. The number of aliphatic hydroxyl groups is 1. The fourth-order valence-electron chi connectivity index (χ4n) is 12.3. The summed E-state index contributed by atoms with van der Waals surface area (Å²) in [7, 11) is 8.36. The Hall–Kier alpha value is -7.72. The van der Waals surface area contributed by atoms with Crippen molar-refractivity contribution in [1.82, 2.24) is 4.48 Å². The normalized spacial score (nSPS) is 12.9. The standard InChI is InChI=1S/C21H31ClN.C14H20N.C12H14NO.C12H14N.C11H12NO.C11H12N/c1-2-3-4-5-6-7-8-9-15-20(18-22)23-17-12-14-19-13-10-11-16-21(19)23;1-11-7-6-8-12-9-10-14(2,3)15(4,5)13(11)12;1-10-7-8-13(9-14-2)12-6-4-3-5-11(10)12;1-3-13-10(2)8-9-11-6-4-5-7-12(11)13;13-9-8-12-7-3-5-10-4-1-2-6-11(10)12;1-9-5-3-6-10-7-4-8-12(2)11(9)10/h10-14,16-17,20H,2-9,15,18H2,1H3;6-10H,1-5H3;3-8H,9H2,1-2H3;4-9H,3H2,1-2H3;1-7,13H,8-9H2;3-8H,1-2H3/q6*+1. The van der Waals surface area contributed by atoms with Gasteiger partial charge in [0.15, 0.2) is 43.1 Å². The molecule has 470 valence electrons. The third kappa shape index (κ3) is 18.5. The quantitative estimate of drug-likeness (QED) is 0.0454. The number of methoxy groups -OCH3 is 1. The lowest BCUT2D eigenvalue weighted by molar-refractivity contribution is -0.707. The molecule has 11 aromatic rings. The van der Waals surface area contributed by atoms with Crippen LogP contribution >= 0.6 is 11.6 Å². The first-order chi connectivity index (χ1) is 43.6. The van der Waals surface area contributed by atoms with Crippen LogP contribution in [0.5, 0.6) is 0 Å².